The molecule has 2 N–H and O–H groups in total. The van der Waals surface area contributed by atoms with Gasteiger partial charge in [0.25, 0.3) is 0 Å². The van der Waals surface area contributed by atoms with E-state index in [0.29, 0.717) is 19.4 Å². The van der Waals surface area contributed by atoms with Gasteiger partial charge in [0.15, 0.2) is 0 Å². The molecular weight excluding hydrogens is 334 g/mol. The van der Waals surface area contributed by atoms with Gasteiger partial charge in [-0.3, -0.25) is 0 Å². The quantitative estimate of drug-likeness (QED) is 0.663. The summed E-state index contributed by atoms with van der Waals surface area (Å²) in [4.78, 5) is 0. The molecule has 0 fully saturated rings. The monoisotopic (exact) mass is 355 g/mol. The van der Waals surface area contributed by atoms with Crippen molar-refractivity contribution >= 4 is 20.8 Å². The lowest BCUT2D eigenvalue weighted by molar-refractivity contribution is 0.473. The van der Waals surface area contributed by atoms with Crippen LogP contribution in [0.25, 0.3) is 21.9 Å². The molecule has 0 spiro atoms. The Morgan fingerprint density at radius 3 is 2.28 bits per heavy atom. The Morgan fingerprint density at radius 2 is 1.60 bits per heavy atom. The van der Waals surface area contributed by atoms with Gasteiger partial charge in [-0.25, -0.2) is 13.1 Å². The lowest BCUT2D eigenvalue weighted by Crippen LogP contribution is -2.23. The summed E-state index contributed by atoms with van der Waals surface area (Å²) in [5.74, 6) is 0.273. The van der Waals surface area contributed by atoms with Crippen LogP contribution in [-0.4, -0.2) is 26.3 Å². The second-order valence-corrected chi connectivity index (χ2v) is 7.95. The molecule has 0 aromatic heterocycles. The van der Waals surface area contributed by atoms with E-state index >= 15 is 0 Å². The van der Waals surface area contributed by atoms with Crippen LogP contribution < -0.4 is 4.72 Å². The summed E-state index contributed by atoms with van der Waals surface area (Å²) >= 11 is 0. The Labute approximate surface area is 148 Å². The molecule has 0 saturated heterocycles. The summed E-state index contributed by atoms with van der Waals surface area (Å²) in [5, 5.41) is 12.5. The maximum Gasteiger partial charge on any atom is 0.208 e. The van der Waals surface area contributed by atoms with Crippen LogP contribution in [0.2, 0.25) is 0 Å². The van der Waals surface area contributed by atoms with E-state index in [1.54, 1.807) is 0 Å². The van der Waals surface area contributed by atoms with Crippen molar-refractivity contribution in [2.45, 2.75) is 12.8 Å². The van der Waals surface area contributed by atoms with Crippen molar-refractivity contribution in [1.82, 2.24) is 4.72 Å². The molecule has 0 aliphatic rings. The molecule has 3 rings (SSSR count). The van der Waals surface area contributed by atoms with Crippen molar-refractivity contribution in [3.05, 3.63) is 66.2 Å². The summed E-state index contributed by atoms with van der Waals surface area (Å²) in [7, 11) is -3.19. The van der Waals surface area contributed by atoms with Crippen LogP contribution in [0, 0.1) is 0 Å². The van der Waals surface area contributed by atoms with Crippen molar-refractivity contribution in [3.8, 4) is 16.9 Å². The first-order valence-electron chi connectivity index (χ1n) is 8.19. The third-order valence-corrected chi connectivity index (χ3v) is 4.90. The topological polar surface area (TPSA) is 66.4 Å². The molecule has 0 saturated carbocycles. The highest BCUT2D eigenvalue weighted by Gasteiger charge is 2.12. The Bertz CT molecular complexity index is 982. The maximum atomic E-state index is 11.2. The molecule has 0 aliphatic heterocycles. The summed E-state index contributed by atoms with van der Waals surface area (Å²) in [5.41, 5.74) is 2.99. The molecule has 0 unspecified atom stereocenters. The normalized spacial score (nSPS) is 11.7. The fourth-order valence-corrected chi connectivity index (χ4v) is 3.52. The molecule has 4 nitrogen and oxygen atoms in total. The van der Waals surface area contributed by atoms with E-state index in [1.807, 2.05) is 60.7 Å². The van der Waals surface area contributed by atoms with E-state index in [2.05, 4.69) is 4.72 Å². The number of phenolic OH excluding ortho intramolecular Hbond substituents is 1. The number of rotatable bonds is 6. The molecule has 25 heavy (non-hydrogen) atoms. The Morgan fingerprint density at radius 1 is 0.960 bits per heavy atom. The highest BCUT2D eigenvalue weighted by molar-refractivity contribution is 7.88. The van der Waals surface area contributed by atoms with Gasteiger partial charge in [0.2, 0.25) is 10.0 Å². The number of aromatic hydroxyl groups is 1. The van der Waals surface area contributed by atoms with E-state index in [0.717, 1.165) is 33.7 Å². The second-order valence-electron chi connectivity index (χ2n) is 6.11. The first kappa shape index (κ1) is 17.5. The average molecular weight is 355 g/mol. The SMILES string of the molecule is CS(=O)(=O)NCCCc1cc(-c2ccccc2)c2ccccc2c1O. The van der Waals surface area contributed by atoms with Gasteiger partial charge in [-0.05, 0) is 41.0 Å². The number of sulfonamides is 1. The van der Waals surface area contributed by atoms with Gasteiger partial charge in [-0.15, -0.1) is 0 Å². The minimum atomic E-state index is -3.19. The van der Waals surface area contributed by atoms with Crippen LogP contribution in [0.15, 0.2) is 60.7 Å². The standard InChI is InChI=1S/C20H21NO3S/c1-25(23,24)21-13-7-10-16-14-19(15-8-3-2-4-9-15)17-11-5-6-12-18(17)20(16)22/h2-6,8-9,11-12,14,21-22H,7,10,13H2,1H3. The highest BCUT2D eigenvalue weighted by atomic mass is 32.2. The van der Waals surface area contributed by atoms with Crippen LogP contribution in [0.1, 0.15) is 12.0 Å². The van der Waals surface area contributed by atoms with Crippen LogP contribution in [-0.2, 0) is 16.4 Å². The van der Waals surface area contributed by atoms with E-state index in [4.69, 9.17) is 0 Å². The number of aryl methyl sites for hydroxylation is 1. The van der Waals surface area contributed by atoms with Gasteiger partial charge < -0.3 is 5.11 Å². The number of hydrogen-bond donors (Lipinski definition) is 2. The van der Waals surface area contributed by atoms with Crippen LogP contribution in [0.4, 0.5) is 0 Å². The highest BCUT2D eigenvalue weighted by Crippen LogP contribution is 2.37. The molecule has 0 aliphatic carbocycles. The van der Waals surface area contributed by atoms with Gasteiger partial charge in [0, 0.05) is 11.9 Å². The maximum absolute atomic E-state index is 11.2. The predicted octanol–water partition coefficient (Wildman–Crippen LogP) is 3.69. The van der Waals surface area contributed by atoms with Crippen molar-refractivity contribution in [2.75, 3.05) is 12.8 Å². The van der Waals surface area contributed by atoms with Crippen LogP contribution in [0.5, 0.6) is 5.75 Å². The predicted molar refractivity (Wildman–Crippen MR) is 102 cm³/mol. The lowest BCUT2D eigenvalue weighted by Gasteiger charge is -2.13. The smallest absolute Gasteiger partial charge is 0.208 e. The van der Waals surface area contributed by atoms with E-state index in [1.165, 1.54) is 0 Å². The molecule has 0 bridgehead atoms. The van der Waals surface area contributed by atoms with E-state index in [-0.39, 0.29) is 5.75 Å². The largest absolute Gasteiger partial charge is 0.507 e. The van der Waals surface area contributed by atoms with E-state index < -0.39 is 10.0 Å². The van der Waals surface area contributed by atoms with Gasteiger partial charge in [-0.2, -0.15) is 0 Å². The summed E-state index contributed by atoms with van der Waals surface area (Å²) in [6, 6.07) is 19.9. The van der Waals surface area contributed by atoms with Crippen LogP contribution >= 0.6 is 0 Å². The number of benzene rings is 3. The number of nitrogens with one attached hydrogen (secondary N) is 1. The first-order valence-corrected chi connectivity index (χ1v) is 10.1. The third-order valence-electron chi connectivity index (χ3n) is 4.17. The summed E-state index contributed by atoms with van der Waals surface area (Å²) in [6.45, 7) is 0.353. The minimum absolute atomic E-state index is 0.273. The molecule has 3 aromatic rings. The zero-order valence-electron chi connectivity index (χ0n) is 14.1. The third kappa shape index (κ3) is 4.18. The molecule has 0 heterocycles. The number of phenols is 1. The van der Waals surface area contributed by atoms with Gasteiger partial charge >= 0.3 is 0 Å². The summed E-state index contributed by atoms with van der Waals surface area (Å²) < 4.78 is 24.8. The van der Waals surface area contributed by atoms with Crippen molar-refractivity contribution in [2.24, 2.45) is 0 Å². The minimum Gasteiger partial charge on any atom is -0.507 e. The Hall–Kier alpha value is -2.37. The van der Waals surface area contributed by atoms with Crippen molar-refractivity contribution in [1.29, 1.82) is 0 Å². The Balaban J connectivity index is 1.97. The molecule has 5 heteroatoms. The fourth-order valence-electron chi connectivity index (χ4n) is 3.00. The molecular formula is C20H21NO3S. The van der Waals surface area contributed by atoms with Crippen molar-refractivity contribution < 1.29 is 13.5 Å². The van der Waals surface area contributed by atoms with Gasteiger partial charge in [0.1, 0.15) is 5.75 Å². The first-order chi connectivity index (χ1) is 12.0. The average Bonchev–Trinajstić information content (AvgIpc) is 2.60. The number of fused-ring (bicyclic) bond motifs is 1. The molecule has 0 radical (unpaired) electrons. The van der Waals surface area contributed by atoms with Gasteiger partial charge in [0.05, 0.1) is 6.26 Å². The zero-order chi connectivity index (χ0) is 17.9. The molecule has 3 aromatic carbocycles. The second kappa shape index (κ2) is 7.25. The zero-order valence-corrected chi connectivity index (χ0v) is 14.9. The lowest BCUT2D eigenvalue weighted by atomic mass is 9.93. The van der Waals surface area contributed by atoms with Crippen LogP contribution in [0.3, 0.4) is 0 Å². The Kier molecular flexibility index (Phi) is 5.06. The van der Waals surface area contributed by atoms with Crippen molar-refractivity contribution in [3.63, 3.8) is 0 Å². The fraction of sp³-hybridized carbons (Fsp3) is 0.200. The summed E-state index contributed by atoms with van der Waals surface area (Å²) in [6.07, 6.45) is 2.36. The molecule has 0 atom stereocenters. The molecule has 0 amide bonds. The number of hydrogen-bond acceptors (Lipinski definition) is 3. The van der Waals surface area contributed by atoms with Gasteiger partial charge in [-0.1, -0.05) is 54.6 Å². The molecule has 130 valence electrons. The van der Waals surface area contributed by atoms with E-state index in [9.17, 15) is 13.5 Å².